The third-order valence-electron chi connectivity index (χ3n) is 4.81. The molecule has 6 nitrogen and oxygen atoms in total. The number of ether oxygens (including phenoxy) is 1. The number of benzene rings is 1. The number of nitrogens with zero attached hydrogens (tertiary/aromatic N) is 1. The lowest BCUT2D eigenvalue weighted by Crippen LogP contribution is -2.34. The molecule has 2 atom stereocenters. The lowest BCUT2D eigenvalue weighted by Gasteiger charge is -2.22. The summed E-state index contributed by atoms with van der Waals surface area (Å²) in [6.07, 6.45) is 2.17. The summed E-state index contributed by atoms with van der Waals surface area (Å²) in [5, 5.41) is 12.3. The van der Waals surface area contributed by atoms with Crippen molar-refractivity contribution in [2.45, 2.75) is 31.5 Å². The van der Waals surface area contributed by atoms with E-state index >= 15 is 0 Å². The Labute approximate surface area is 162 Å². The molecule has 0 saturated carbocycles. The van der Waals surface area contributed by atoms with Gasteiger partial charge in [0.1, 0.15) is 17.5 Å². The van der Waals surface area contributed by atoms with Crippen molar-refractivity contribution in [2.24, 2.45) is 0 Å². The monoisotopic (exact) mass is 388 g/mol. The summed E-state index contributed by atoms with van der Waals surface area (Å²) in [6, 6.07) is 12.5. The van der Waals surface area contributed by atoms with E-state index in [9.17, 15) is 9.59 Å². The molecule has 2 N–H and O–H groups in total. The Morgan fingerprint density at radius 2 is 2.07 bits per heavy atom. The fraction of sp³-hybridized carbons (Fsp3) is 0.400. The molecule has 0 amide bonds. The second-order valence-electron chi connectivity index (χ2n) is 6.70. The van der Waals surface area contributed by atoms with Gasteiger partial charge >= 0.3 is 11.9 Å². The number of nitrogens with one attached hydrogen (secondary N) is 1. The molecule has 2 aromatic rings. The molecule has 1 aromatic heterocycles. The summed E-state index contributed by atoms with van der Waals surface area (Å²) < 4.78 is 5.61. The third-order valence-corrected chi connectivity index (χ3v) is 5.88. The first kappa shape index (κ1) is 19.5. The minimum atomic E-state index is -0.939. The van der Waals surface area contributed by atoms with Crippen LogP contribution in [0.25, 0.3) is 0 Å². The van der Waals surface area contributed by atoms with E-state index in [1.165, 1.54) is 11.3 Å². The van der Waals surface area contributed by atoms with Crippen LogP contribution in [0.5, 0.6) is 0 Å². The molecule has 144 valence electrons. The van der Waals surface area contributed by atoms with Gasteiger partial charge in [-0.25, -0.2) is 9.59 Å². The number of carbonyl (C=O) groups is 2. The highest BCUT2D eigenvalue weighted by molar-refractivity contribution is 7.13. The Morgan fingerprint density at radius 3 is 2.70 bits per heavy atom. The second-order valence-corrected chi connectivity index (χ2v) is 7.87. The highest BCUT2D eigenvalue weighted by Crippen LogP contribution is 2.21. The van der Waals surface area contributed by atoms with Gasteiger partial charge in [0.15, 0.2) is 0 Å². The van der Waals surface area contributed by atoms with Crippen molar-refractivity contribution in [2.75, 3.05) is 20.2 Å². The van der Waals surface area contributed by atoms with Gasteiger partial charge in [-0.1, -0.05) is 30.3 Å². The minimum Gasteiger partial charge on any atom is -0.477 e. The van der Waals surface area contributed by atoms with Crippen LogP contribution in [-0.4, -0.2) is 48.2 Å². The largest absolute Gasteiger partial charge is 0.477 e. The van der Waals surface area contributed by atoms with Crippen molar-refractivity contribution < 1.29 is 19.4 Å². The molecule has 27 heavy (non-hydrogen) atoms. The van der Waals surface area contributed by atoms with Crippen molar-refractivity contribution in [1.29, 1.82) is 0 Å². The molecule has 1 unspecified atom stereocenters. The molecule has 1 aliphatic heterocycles. The van der Waals surface area contributed by atoms with Crippen molar-refractivity contribution in [3.63, 3.8) is 0 Å². The van der Waals surface area contributed by atoms with Crippen LogP contribution in [0, 0.1) is 0 Å². The predicted molar refractivity (Wildman–Crippen MR) is 104 cm³/mol. The Hall–Kier alpha value is -2.22. The first-order chi connectivity index (χ1) is 13.0. The average molecular weight is 388 g/mol. The van der Waals surface area contributed by atoms with Gasteiger partial charge in [-0.2, -0.15) is 0 Å². The molecule has 3 rings (SSSR count). The SMILES string of the molecule is CN1CCC[C@@H]1COC(=O)C(NCc1ccc(C(=O)O)s1)c1ccccc1. The third kappa shape index (κ3) is 5.15. The van der Waals surface area contributed by atoms with E-state index in [-0.39, 0.29) is 16.9 Å². The van der Waals surface area contributed by atoms with Crippen LogP contribution < -0.4 is 5.32 Å². The van der Waals surface area contributed by atoms with Crippen molar-refractivity contribution >= 4 is 23.3 Å². The molecule has 2 heterocycles. The molecule has 1 aromatic carbocycles. The van der Waals surface area contributed by atoms with Gasteiger partial charge in [0.05, 0.1) is 0 Å². The first-order valence-corrected chi connectivity index (χ1v) is 9.83. The number of carboxylic acids is 1. The van der Waals surface area contributed by atoms with Gasteiger partial charge in [0.25, 0.3) is 0 Å². The molecule has 0 bridgehead atoms. The van der Waals surface area contributed by atoms with E-state index in [4.69, 9.17) is 9.84 Å². The zero-order valence-corrected chi connectivity index (χ0v) is 16.1. The number of rotatable bonds is 8. The fourth-order valence-electron chi connectivity index (χ4n) is 3.22. The average Bonchev–Trinajstić information content (AvgIpc) is 3.30. The Kier molecular flexibility index (Phi) is 6.60. The van der Waals surface area contributed by atoms with E-state index in [1.807, 2.05) is 30.3 Å². The number of likely N-dealkylation sites (N-methyl/N-ethyl adjacent to an activating group) is 1. The molecule has 1 saturated heterocycles. The number of carbonyl (C=O) groups excluding carboxylic acids is 1. The normalized spacial score (nSPS) is 18.3. The van der Waals surface area contributed by atoms with Gasteiger partial charge in [-0.3, -0.25) is 5.32 Å². The predicted octanol–water partition coefficient (Wildman–Crippen LogP) is 2.91. The van der Waals surface area contributed by atoms with Crippen LogP contribution in [0.1, 0.15) is 39.0 Å². The van der Waals surface area contributed by atoms with Crippen molar-refractivity contribution in [3.05, 3.63) is 57.8 Å². The quantitative estimate of drug-likeness (QED) is 0.677. The van der Waals surface area contributed by atoms with E-state index in [2.05, 4.69) is 17.3 Å². The number of likely N-dealkylation sites (tertiary alicyclic amines) is 1. The first-order valence-electron chi connectivity index (χ1n) is 9.02. The highest BCUT2D eigenvalue weighted by Gasteiger charge is 2.26. The van der Waals surface area contributed by atoms with Crippen LogP contribution in [-0.2, 0) is 16.1 Å². The Morgan fingerprint density at radius 1 is 1.30 bits per heavy atom. The Bertz CT molecular complexity index is 777. The van der Waals surface area contributed by atoms with Crippen LogP contribution in [0.3, 0.4) is 0 Å². The zero-order chi connectivity index (χ0) is 19.2. The van der Waals surface area contributed by atoms with E-state index < -0.39 is 12.0 Å². The number of thiophene rings is 1. The summed E-state index contributed by atoms with van der Waals surface area (Å²) in [5.41, 5.74) is 0.831. The number of hydrogen-bond donors (Lipinski definition) is 2. The molecule has 0 aliphatic carbocycles. The maximum absolute atomic E-state index is 12.7. The lowest BCUT2D eigenvalue weighted by molar-refractivity contribution is -0.147. The molecule has 0 spiro atoms. The molecule has 7 heteroatoms. The molecular formula is C20H24N2O4S. The van der Waals surface area contributed by atoms with Crippen LogP contribution in [0.15, 0.2) is 42.5 Å². The standard InChI is InChI=1S/C20H24N2O4S/c1-22-11-5-8-15(22)13-26-20(25)18(14-6-3-2-4-7-14)21-12-16-9-10-17(27-16)19(23)24/h2-4,6-7,9-10,15,18,21H,5,8,11-13H2,1H3,(H,23,24)/t15-,18?/m1/s1. The maximum atomic E-state index is 12.7. The van der Waals surface area contributed by atoms with Crippen LogP contribution in [0.2, 0.25) is 0 Å². The summed E-state index contributed by atoms with van der Waals surface area (Å²) >= 11 is 1.20. The van der Waals surface area contributed by atoms with Crippen LogP contribution in [0.4, 0.5) is 0 Å². The summed E-state index contributed by atoms with van der Waals surface area (Å²) in [7, 11) is 2.05. The molecule has 1 fully saturated rings. The lowest BCUT2D eigenvalue weighted by atomic mass is 10.1. The number of aromatic carboxylic acids is 1. The van der Waals surface area contributed by atoms with Crippen molar-refractivity contribution in [1.82, 2.24) is 10.2 Å². The van der Waals surface area contributed by atoms with Gasteiger partial charge in [0, 0.05) is 17.5 Å². The number of carboxylic acid groups (broad SMARTS) is 1. The minimum absolute atomic E-state index is 0.279. The summed E-state index contributed by atoms with van der Waals surface area (Å²) in [5.74, 6) is -1.25. The van der Waals surface area contributed by atoms with Gasteiger partial charge < -0.3 is 14.7 Å². The maximum Gasteiger partial charge on any atom is 0.345 e. The topological polar surface area (TPSA) is 78.9 Å². The fourth-order valence-corrected chi connectivity index (χ4v) is 4.02. The Balaban J connectivity index is 1.65. The number of esters is 1. The highest BCUT2D eigenvalue weighted by atomic mass is 32.1. The van der Waals surface area contributed by atoms with Gasteiger partial charge in [-0.15, -0.1) is 11.3 Å². The summed E-state index contributed by atoms with van der Waals surface area (Å²) in [6.45, 7) is 1.82. The molecule has 1 aliphatic rings. The molecular weight excluding hydrogens is 364 g/mol. The van der Waals surface area contributed by atoms with E-state index in [0.29, 0.717) is 13.2 Å². The zero-order valence-electron chi connectivity index (χ0n) is 15.3. The van der Waals surface area contributed by atoms with Crippen LogP contribution >= 0.6 is 11.3 Å². The molecule has 0 radical (unpaired) electrons. The number of hydrogen-bond acceptors (Lipinski definition) is 6. The summed E-state index contributed by atoms with van der Waals surface area (Å²) in [4.78, 5) is 27.1. The second kappa shape index (κ2) is 9.12. The van der Waals surface area contributed by atoms with Gasteiger partial charge in [0.2, 0.25) is 0 Å². The van der Waals surface area contributed by atoms with Crippen molar-refractivity contribution in [3.8, 4) is 0 Å². The van der Waals surface area contributed by atoms with E-state index in [0.717, 1.165) is 29.8 Å². The van der Waals surface area contributed by atoms with E-state index in [1.54, 1.807) is 12.1 Å². The van der Waals surface area contributed by atoms with Gasteiger partial charge in [-0.05, 0) is 44.1 Å². The smallest absolute Gasteiger partial charge is 0.345 e.